The van der Waals surface area contributed by atoms with Gasteiger partial charge in [-0.3, -0.25) is 9.80 Å². The maximum Gasteiger partial charge on any atom is 0.0710 e. The molecule has 78 valence electrons. The largest absolute Gasteiger partial charge is 0.298 e. The SMILES string of the molecule is C#CC(CC)N1CCN2CCCC2C1. The summed E-state index contributed by atoms with van der Waals surface area (Å²) in [4.78, 5) is 5.12. The molecular formula is C12H20N2. The second-order valence-corrected chi connectivity index (χ2v) is 4.42. The van der Waals surface area contributed by atoms with Crippen molar-refractivity contribution in [1.29, 1.82) is 0 Å². The molecule has 2 fully saturated rings. The molecular weight excluding hydrogens is 172 g/mol. The quantitative estimate of drug-likeness (QED) is 0.606. The van der Waals surface area contributed by atoms with Crippen molar-refractivity contribution in [2.24, 2.45) is 0 Å². The fourth-order valence-electron chi connectivity index (χ4n) is 2.78. The van der Waals surface area contributed by atoms with Crippen LogP contribution in [0, 0.1) is 12.3 Å². The van der Waals surface area contributed by atoms with Crippen molar-refractivity contribution in [2.75, 3.05) is 26.2 Å². The van der Waals surface area contributed by atoms with Crippen molar-refractivity contribution >= 4 is 0 Å². The van der Waals surface area contributed by atoms with Crippen LogP contribution in [-0.2, 0) is 0 Å². The lowest BCUT2D eigenvalue weighted by molar-refractivity contribution is 0.0871. The molecule has 2 atom stereocenters. The summed E-state index contributed by atoms with van der Waals surface area (Å²) in [6, 6.07) is 1.17. The molecule has 0 spiro atoms. The number of fused-ring (bicyclic) bond motifs is 1. The lowest BCUT2D eigenvalue weighted by Gasteiger charge is -2.39. The monoisotopic (exact) mass is 192 g/mol. The highest BCUT2D eigenvalue weighted by molar-refractivity contribution is 5.02. The first-order valence-electron chi connectivity index (χ1n) is 5.79. The summed E-state index contributed by atoms with van der Waals surface area (Å²) in [6.45, 7) is 7.08. The van der Waals surface area contributed by atoms with E-state index in [4.69, 9.17) is 6.42 Å². The normalized spacial score (nSPS) is 31.0. The second kappa shape index (κ2) is 4.33. The zero-order chi connectivity index (χ0) is 9.97. The molecule has 2 nitrogen and oxygen atoms in total. The predicted octanol–water partition coefficient (Wildman–Crippen LogP) is 1.18. The molecule has 2 aliphatic heterocycles. The molecule has 0 N–H and O–H groups in total. The molecule has 0 aliphatic carbocycles. The van der Waals surface area contributed by atoms with Gasteiger partial charge in [-0.05, 0) is 25.8 Å². The van der Waals surface area contributed by atoms with Gasteiger partial charge in [0.05, 0.1) is 6.04 Å². The van der Waals surface area contributed by atoms with Crippen molar-refractivity contribution < 1.29 is 0 Å². The summed E-state index contributed by atoms with van der Waals surface area (Å²) in [5.41, 5.74) is 0. The molecule has 2 saturated heterocycles. The minimum atomic E-state index is 0.373. The molecule has 0 amide bonds. The van der Waals surface area contributed by atoms with Gasteiger partial charge >= 0.3 is 0 Å². The first-order chi connectivity index (χ1) is 6.85. The van der Waals surface area contributed by atoms with E-state index in [1.54, 1.807) is 0 Å². The highest BCUT2D eigenvalue weighted by Crippen LogP contribution is 2.22. The maximum atomic E-state index is 5.55. The number of nitrogens with zero attached hydrogens (tertiary/aromatic N) is 2. The molecule has 0 aromatic heterocycles. The molecule has 0 bridgehead atoms. The number of hydrogen-bond acceptors (Lipinski definition) is 2. The number of rotatable bonds is 2. The van der Waals surface area contributed by atoms with Crippen LogP contribution in [0.15, 0.2) is 0 Å². The minimum Gasteiger partial charge on any atom is -0.298 e. The third-order valence-electron chi connectivity index (χ3n) is 3.64. The molecule has 0 aromatic carbocycles. The lowest BCUT2D eigenvalue weighted by Crippen LogP contribution is -2.53. The molecule has 0 radical (unpaired) electrons. The van der Waals surface area contributed by atoms with Crippen LogP contribution in [0.3, 0.4) is 0 Å². The van der Waals surface area contributed by atoms with E-state index in [2.05, 4.69) is 22.6 Å². The van der Waals surface area contributed by atoms with Gasteiger partial charge in [-0.1, -0.05) is 12.8 Å². The minimum absolute atomic E-state index is 0.373. The first-order valence-corrected chi connectivity index (χ1v) is 5.79. The van der Waals surface area contributed by atoms with Crippen LogP contribution < -0.4 is 0 Å². The van der Waals surface area contributed by atoms with Gasteiger partial charge in [0.2, 0.25) is 0 Å². The van der Waals surface area contributed by atoms with Gasteiger partial charge in [0, 0.05) is 25.7 Å². The fraction of sp³-hybridized carbons (Fsp3) is 0.833. The molecule has 0 aromatic rings. The van der Waals surface area contributed by atoms with Gasteiger partial charge in [-0.25, -0.2) is 0 Å². The van der Waals surface area contributed by atoms with E-state index in [1.165, 1.54) is 39.0 Å². The standard InChI is InChI=1S/C12H20N2/c1-3-11(4-2)14-9-8-13-7-5-6-12(13)10-14/h1,11-12H,4-10H2,2H3. The second-order valence-electron chi connectivity index (χ2n) is 4.42. The molecule has 2 unspecified atom stereocenters. The van der Waals surface area contributed by atoms with Crippen LogP contribution in [0.4, 0.5) is 0 Å². The molecule has 2 heteroatoms. The Morgan fingerprint density at radius 2 is 2.29 bits per heavy atom. The summed E-state index contributed by atoms with van der Waals surface area (Å²) >= 11 is 0. The van der Waals surface area contributed by atoms with Gasteiger partial charge < -0.3 is 0 Å². The van der Waals surface area contributed by atoms with Crippen LogP contribution >= 0.6 is 0 Å². The Kier molecular flexibility index (Phi) is 3.10. The summed E-state index contributed by atoms with van der Waals surface area (Å²) in [7, 11) is 0. The van der Waals surface area contributed by atoms with E-state index < -0.39 is 0 Å². The molecule has 2 heterocycles. The maximum absolute atomic E-state index is 5.55. The van der Waals surface area contributed by atoms with Crippen LogP contribution in [-0.4, -0.2) is 48.1 Å². The number of piperazine rings is 1. The van der Waals surface area contributed by atoms with Gasteiger partial charge in [-0.15, -0.1) is 6.42 Å². The third kappa shape index (κ3) is 1.80. The van der Waals surface area contributed by atoms with Gasteiger partial charge in [-0.2, -0.15) is 0 Å². The fourth-order valence-corrected chi connectivity index (χ4v) is 2.78. The van der Waals surface area contributed by atoms with E-state index in [1.807, 2.05) is 0 Å². The Morgan fingerprint density at radius 1 is 1.43 bits per heavy atom. The molecule has 2 aliphatic rings. The number of hydrogen-bond donors (Lipinski definition) is 0. The van der Waals surface area contributed by atoms with Crippen molar-refractivity contribution in [3.05, 3.63) is 0 Å². The van der Waals surface area contributed by atoms with Crippen molar-refractivity contribution in [3.63, 3.8) is 0 Å². The smallest absolute Gasteiger partial charge is 0.0710 e. The Hall–Kier alpha value is -0.520. The van der Waals surface area contributed by atoms with E-state index in [9.17, 15) is 0 Å². The summed E-state index contributed by atoms with van der Waals surface area (Å²) in [6.07, 6.45) is 9.39. The third-order valence-corrected chi connectivity index (χ3v) is 3.64. The average Bonchev–Trinajstić information content (AvgIpc) is 2.66. The Labute approximate surface area is 87.3 Å². The van der Waals surface area contributed by atoms with Crippen LogP contribution in [0.5, 0.6) is 0 Å². The van der Waals surface area contributed by atoms with Crippen LogP contribution in [0.2, 0.25) is 0 Å². The van der Waals surface area contributed by atoms with Gasteiger partial charge in [0.1, 0.15) is 0 Å². The highest BCUT2D eigenvalue weighted by atomic mass is 15.3. The number of terminal acetylenes is 1. The van der Waals surface area contributed by atoms with Crippen LogP contribution in [0.1, 0.15) is 26.2 Å². The lowest BCUT2D eigenvalue weighted by atomic mass is 10.1. The van der Waals surface area contributed by atoms with E-state index >= 15 is 0 Å². The van der Waals surface area contributed by atoms with E-state index in [0.717, 1.165) is 12.5 Å². The van der Waals surface area contributed by atoms with Gasteiger partial charge in [0.15, 0.2) is 0 Å². The molecule has 0 saturated carbocycles. The zero-order valence-electron chi connectivity index (χ0n) is 9.08. The van der Waals surface area contributed by atoms with Crippen molar-refractivity contribution in [2.45, 2.75) is 38.3 Å². The van der Waals surface area contributed by atoms with E-state index in [-0.39, 0.29) is 0 Å². The Balaban J connectivity index is 1.94. The zero-order valence-corrected chi connectivity index (χ0v) is 9.08. The molecule has 2 rings (SSSR count). The topological polar surface area (TPSA) is 6.48 Å². The van der Waals surface area contributed by atoms with Crippen LogP contribution in [0.25, 0.3) is 0 Å². The predicted molar refractivity (Wildman–Crippen MR) is 59.1 cm³/mol. The summed E-state index contributed by atoms with van der Waals surface area (Å²) in [5.74, 6) is 2.91. The van der Waals surface area contributed by atoms with Crippen molar-refractivity contribution in [1.82, 2.24) is 9.80 Å². The van der Waals surface area contributed by atoms with E-state index in [0.29, 0.717) is 6.04 Å². The van der Waals surface area contributed by atoms with Gasteiger partial charge in [0.25, 0.3) is 0 Å². The summed E-state index contributed by atoms with van der Waals surface area (Å²) < 4.78 is 0. The first kappa shape index (κ1) is 10.0. The summed E-state index contributed by atoms with van der Waals surface area (Å²) in [5, 5.41) is 0. The average molecular weight is 192 g/mol. The Bertz CT molecular complexity index is 231. The molecule has 14 heavy (non-hydrogen) atoms. The van der Waals surface area contributed by atoms with Crippen molar-refractivity contribution in [3.8, 4) is 12.3 Å². The Morgan fingerprint density at radius 3 is 3.00 bits per heavy atom. The highest BCUT2D eigenvalue weighted by Gasteiger charge is 2.32.